The van der Waals surface area contributed by atoms with Gasteiger partial charge in [-0.1, -0.05) is 13.0 Å². The van der Waals surface area contributed by atoms with Gasteiger partial charge in [0, 0.05) is 23.4 Å². The number of nitrogens with zero attached hydrogens (tertiary/aromatic N) is 2. The van der Waals surface area contributed by atoms with E-state index < -0.39 is 0 Å². The van der Waals surface area contributed by atoms with Gasteiger partial charge in [0.2, 0.25) is 0 Å². The fourth-order valence-corrected chi connectivity index (χ4v) is 3.82. The Labute approximate surface area is 139 Å². The summed E-state index contributed by atoms with van der Waals surface area (Å²) in [5.74, 6) is 1.79. The van der Waals surface area contributed by atoms with Gasteiger partial charge in [-0.15, -0.1) is 11.3 Å². The molecule has 2 aromatic heterocycles. The Morgan fingerprint density at radius 3 is 3.17 bits per heavy atom. The van der Waals surface area contributed by atoms with Crippen LogP contribution in [0, 0.1) is 5.92 Å². The Bertz CT molecular complexity index is 851. The zero-order valence-electron chi connectivity index (χ0n) is 13.1. The average molecular weight is 325 g/mol. The number of hydrogen-bond acceptors (Lipinski definition) is 3. The minimum absolute atomic E-state index is 0.0420. The smallest absolute Gasteiger partial charge is 0.251 e. The molecule has 1 N–H and O–H groups in total. The van der Waals surface area contributed by atoms with Crippen LogP contribution >= 0.6 is 11.3 Å². The van der Waals surface area contributed by atoms with Crippen molar-refractivity contribution in [2.24, 2.45) is 5.92 Å². The van der Waals surface area contributed by atoms with Crippen LogP contribution in [-0.2, 0) is 19.5 Å². The molecule has 0 radical (unpaired) electrons. The number of aromatic nitrogens is 2. The molecular formula is C18H19N3OS. The molecule has 4 rings (SSSR count). The maximum absolute atomic E-state index is 12.3. The van der Waals surface area contributed by atoms with Crippen molar-refractivity contribution in [2.75, 3.05) is 0 Å². The summed E-state index contributed by atoms with van der Waals surface area (Å²) in [6.07, 6.45) is 2.22. The van der Waals surface area contributed by atoms with Crippen LogP contribution in [0.1, 0.15) is 34.4 Å². The molecular weight excluding hydrogens is 306 g/mol. The van der Waals surface area contributed by atoms with E-state index in [9.17, 15) is 4.79 Å². The van der Waals surface area contributed by atoms with Gasteiger partial charge in [0.05, 0.1) is 17.6 Å². The number of imidazole rings is 1. The highest BCUT2D eigenvalue weighted by Gasteiger charge is 2.19. The number of rotatable bonds is 3. The van der Waals surface area contributed by atoms with Gasteiger partial charge in [-0.05, 0) is 42.0 Å². The number of nitrogens with one attached hydrogen (secondary N) is 1. The highest BCUT2D eigenvalue weighted by atomic mass is 32.1. The van der Waals surface area contributed by atoms with E-state index in [-0.39, 0.29) is 5.91 Å². The number of thiophene rings is 1. The number of carbonyl (C=O) groups is 1. The van der Waals surface area contributed by atoms with Crippen LogP contribution in [0.2, 0.25) is 0 Å². The second-order valence-electron chi connectivity index (χ2n) is 6.24. The van der Waals surface area contributed by atoms with Crippen molar-refractivity contribution in [3.63, 3.8) is 0 Å². The first kappa shape index (κ1) is 14.5. The van der Waals surface area contributed by atoms with E-state index in [1.165, 1.54) is 6.42 Å². The summed E-state index contributed by atoms with van der Waals surface area (Å²) in [4.78, 5) is 18.2. The summed E-state index contributed by atoms with van der Waals surface area (Å²) in [6, 6.07) is 9.86. The van der Waals surface area contributed by atoms with Crippen LogP contribution in [0.3, 0.4) is 0 Å². The Kier molecular flexibility index (Phi) is 3.65. The van der Waals surface area contributed by atoms with Crippen LogP contribution in [0.5, 0.6) is 0 Å². The summed E-state index contributed by atoms with van der Waals surface area (Å²) >= 11 is 1.65. The van der Waals surface area contributed by atoms with Gasteiger partial charge in [0.25, 0.3) is 5.91 Å². The summed E-state index contributed by atoms with van der Waals surface area (Å²) < 4.78 is 2.29. The maximum Gasteiger partial charge on any atom is 0.251 e. The molecule has 0 spiro atoms. The normalized spacial score (nSPS) is 17.2. The number of carbonyl (C=O) groups excluding carboxylic acids is 1. The van der Waals surface area contributed by atoms with Crippen molar-refractivity contribution in [3.05, 3.63) is 52.0 Å². The molecule has 1 amide bonds. The van der Waals surface area contributed by atoms with Gasteiger partial charge in [0.15, 0.2) is 0 Å². The molecule has 0 saturated carbocycles. The van der Waals surface area contributed by atoms with Crippen molar-refractivity contribution in [1.29, 1.82) is 0 Å². The van der Waals surface area contributed by atoms with Crippen LogP contribution < -0.4 is 5.32 Å². The first-order chi connectivity index (χ1) is 11.2. The molecule has 0 fully saturated rings. The second-order valence-corrected chi connectivity index (χ2v) is 7.28. The molecule has 0 bridgehead atoms. The molecule has 0 saturated heterocycles. The van der Waals surface area contributed by atoms with Gasteiger partial charge in [-0.25, -0.2) is 4.98 Å². The van der Waals surface area contributed by atoms with Gasteiger partial charge < -0.3 is 9.88 Å². The topological polar surface area (TPSA) is 46.9 Å². The molecule has 23 heavy (non-hydrogen) atoms. The Morgan fingerprint density at radius 1 is 1.43 bits per heavy atom. The summed E-state index contributed by atoms with van der Waals surface area (Å²) in [5.41, 5.74) is 2.75. The summed E-state index contributed by atoms with van der Waals surface area (Å²) in [6.45, 7) is 3.87. The molecule has 3 heterocycles. The first-order valence-electron chi connectivity index (χ1n) is 8.00. The maximum atomic E-state index is 12.3. The lowest BCUT2D eigenvalue weighted by molar-refractivity contribution is 0.0951. The van der Waals surface area contributed by atoms with Crippen molar-refractivity contribution in [3.8, 4) is 0 Å². The zero-order chi connectivity index (χ0) is 15.8. The fourth-order valence-electron chi connectivity index (χ4n) is 3.17. The molecule has 1 aliphatic rings. The van der Waals surface area contributed by atoms with Gasteiger partial charge in [-0.2, -0.15) is 0 Å². The van der Waals surface area contributed by atoms with Crippen LogP contribution in [-0.4, -0.2) is 15.5 Å². The van der Waals surface area contributed by atoms with Crippen molar-refractivity contribution in [1.82, 2.24) is 14.9 Å². The zero-order valence-corrected chi connectivity index (χ0v) is 13.9. The standard InChI is InChI=1S/C18H19N3OS/c1-12-6-7-21-16-5-4-13(10-15(16)20-17(21)9-12)18(22)19-11-14-3-2-8-23-14/h2-5,8,10,12H,6-7,9,11H2,1H3,(H,19,22). The molecule has 0 aliphatic carbocycles. The van der Waals surface area contributed by atoms with Gasteiger partial charge in [-0.3, -0.25) is 4.79 Å². The van der Waals surface area contributed by atoms with E-state index in [4.69, 9.17) is 4.98 Å². The Hall–Kier alpha value is -2.14. The average Bonchev–Trinajstić information content (AvgIpc) is 3.18. The monoisotopic (exact) mass is 325 g/mol. The predicted octanol–water partition coefficient (Wildman–Crippen LogP) is 3.61. The molecule has 3 aromatic rings. The lowest BCUT2D eigenvalue weighted by atomic mass is 10.0. The van der Waals surface area contributed by atoms with Crippen molar-refractivity contribution < 1.29 is 4.79 Å². The molecule has 1 aliphatic heterocycles. The first-order valence-corrected chi connectivity index (χ1v) is 8.88. The quantitative estimate of drug-likeness (QED) is 0.799. The highest BCUT2D eigenvalue weighted by molar-refractivity contribution is 7.09. The van der Waals surface area contributed by atoms with Crippen molar-refractivity contribution >= 4 is 28.3 Å². The number of amides is 1. The van der Waals surface area contributed by atoms with E-state index in [2.05, 4.69) is 16.8 Å². The lowest BCUT2D eigenvalue weighted by Crippen LogP contribution is -2.22. The molecule has 118 valence electrons. The number of hydrogen-bond donors (Lipinski definition) is 1. The van der Waals surface area contributed by atoms with E-state index in [0.29, 0.717) is 18.0 Å². The molecule has 4 nitrogen and oxygen atoms in total. The molecule has 1 unspecified atom stereocenters. The number of benzene rings is 1. The second kappa shape index (κ2) is 5.81. The summed E-state index contributed by atoms with van der Waals surface area (Å²) in [7, 11) is 0. The van der Waals surface area contributed by atoms with Crippen LogP contribution in [0.4, 0.5) is 0 Å². The van der Waals surface area contributed by atoms with E-state index in [1.54, 1.807) is 11.3 Å². The van der Waals surface area contributed by atoms with Gasteiger partial charge >= 0.3 is 0 Å². The van der Waals surface area contributed by atoms with E-state index >= 15 is 0 Å². The van der Waals surface area contributed by atoms with E-state index in [0.717, 1.165) is 34.7 Å². The third-order valence-corrected chi connectivity index (χ3v) is 5.35. The number of aryl methyl sites for hydroxylation is 1. The van der Waals surface area contributed by atoms with E-state index in [1.807, 2.05) is 35.7 Å². The Morgan fingerprint density at radius 2 is 2.35 bits per heavy atom. The lowest BCUT2D eigenvalue weighted by Gasteiger charge is -2.19. The fraction of sp³-hybridized carbons (Fsp3) is 0.333. The third kappa shape index (κ3) is 2.77. The molecule has 1 aromatic carbocycles. The largest absolute Gasteiger partial charge is 0.347 e. The van der Waals surface area contributed by atoms with Crippen LogP contribution in [0.15, 0.2) is 35.7 Å². The summed E-state index contributed by atoms with van der Waals surface area (Å²) in [5, 5.41) is 4.99. The number of fused-ring (bicyclic) bond motifs is 3. The van der Waals surface area contributed by atoms with Crippen molar-refractivity contribution in [2.45, 2.75) is 32.9 Å². The minimum Gasteiger partial charge on any atom is -0.347 e. The minimum atomic E-state index is -0.0420. The molecule has 5 heteroatoms. The SMILES string of the molecule is CC1CCn2c(nc3cc(C(=O)NCc4cccs4)ccc32)C1. The molecule has 1 atom stereocenters. The Balaban J connectivity index is 1.57. The van der Waals surface area contributed by atoms with Gasteiger partial charge in [0.1, 0.15) is 5.82 Å². The predicted molar refractivity (Wildman–Crippen MR) is 92.7 cm³/mol. The highest BCUT2D eigenvalue weighted by Crippen LogP contribution is 2.25. The van der Waals surface area contributed by atoms with Crippen LogP contribution in [0.25, 0.3) is 11.0 Å². The third-order valence-electron chi connectivity index (χ3n) is 4.47.